The first-order valence-electron chi connectivity index (χ1n) is 20.4. The molecule has 4 atom stereocenters. The van der Waals surface area contributed by atoms with Gasteiger partial charge >= 0.3 is 0 Å². The highest BCUT2D eigenvalue weighted by Gasteiger charge is 2.33. The molecule has 2 fully saturated rings. The molecule has 1 N–H and O–H groups in total. The third kappa shape index (κ3) is 12.8. The Labute approximate surface area is 390 Å². The van der Waals surface area contributed by atoms with Crippen LogP contribution in [0, 0.1) is 11.8 Å². The average molecular weight is 927 g/mol. The number of hydrogen-bond acceptors (Lipinski definition) is 6. The maximum Gasteiger partial charge on any atom is 0.101 e. The molecule has 6 aromatic rings. The van der Waals surface area contributed by atoms with Gasteiger partial charge in [0.2, 0.25) is 0 Å². The Morgan fingerprint density at radius 1 is 0.639 bits per heavy atom. The van der Waals surface area contributed by atoms with E-state index in [1.165, 1.54) is 65.7 Å². The van der Waals surface area contributed by atoms with Crippen molar-refractivity contribution >= 4 is 59.6 Å². The monoisotopic (exact) mass is 924 g/mol. The maximum atomic E-state index is 6.53. The van der Waals surface area contributed by atoms with E-state index in [1.54, 1.807) is 6.20 Å². The summed E-state index contributed by atoms with van der Waals surface area (Å²) < 4.78 is 4.37. The second kappa shape index (κ2) is 24.4. The van der Waals surface area contributed by atoms with E-state index >= 15 is 0 Å². The highest BCUT2D eigenvalue weighted by molar-refractivity contribution is 6.31. The Morgan fingerprint density at radius 3 is 1.80 bits per heavy atom. The molecule has 13 heteroatoms. The van der Waals surface area contributed by atoms with E-state index in [0.717, 1.165) is 85.6 Å². The lowest BCUT2D eigenvalue weighted by atomic mass is 9.91. The number of pyridine rings is 2. The van der Waals surface area contributed by atoms with Crippen LogP contribution in [0.15, 0.2) is 110 Å². The van der Waals surface area contributed by atoms with Crippen molar-refractivity contribution in [1.29, 1.82) is 0 Å². The van der Waals surface area contributed by atoms with Crippen molar-refractivity contribution in [2.45, 2.75) is 90.7 Å². The van der Waals surface area contributed by atoms with Crippen molar-refractivity contribution < 1.29 is 0 Å². The lowest BCUT2D eigenvalue weighted by Gasteiger charge is -2.39. The summed E-state index contributed by atoms with van der Waals surface area (Å²) in [6.07, 6.45) is 24.5. The third-order valence-corrected chi connectivity index (χ3v) is 12.7. The molecule has 2 aromatic carbocycles. The number of nitrogens with one attached hydrogen (secondary N) is 1. The molecule has 2 saturated heterocycles. The Morgan fingerprint density at radius 2 is 1.20 bits per heavy atom. The van der Waals surface area contributed by atoms with Crippen LogP contribution in [0.5, 0.6) is 0 Å². The Bertz CT molecular complexity index is 2190. The molecule has 61 heavy (non-hydrogen) atoms. The number of likely N-dealkylation sites (tertiary alicyclic amines) is 1. The minimum Gasteiger partial charge on any atom is -0.337 e. The van der Waals surface area contributed by atoms with Crippen LogP contribution in [0.25, 0.3) is 0 Å². The molecule has 8 nitrogen and oxygen atoms in total. The minimum atomic E-state index is -0.166. The first-order valence-corrected chi connectivity index (χ1v) is 21.6. The molecular weight excluding hydrogens is 866 g/mol. The molecule has 6 heterocycles. The average Bonchev–Trinajstić information content (AvgIpc) is 3.91. The van der Waals surface area contributed by atoms with Gasteiger partial charge in [-0.15, -0.1) is 36.4 Å². The van der Waals surface area contributed by atoms with Crippen molar-refractivity contribution in [2.24, 2.45) is 11.8 Å². The first kappa shape index (κ1) is 50.2. The second-order valence-electron chi connectivity index (χ2n) is 15.8. The molecule has 0 saturated carbocycles. The Hall–Kier alpha value is -3.47. The quantitative estimate of drug-likeness (QED) is 0.174. The molecule has 4 aromatic heterocycles. The van der Waals surface area contributed by atoms with Gasteiger partial charge in [0.1, 0.15) is 5.38 Å². The number of aryl methyl sites for hydroxylation is 4. The highest BCUT2D eigenvalue weighted by atomic mass is 35.5. The fraction of sp³-hybridized carbons (Fsp3) is 0.417. The largest absolute Gasteiger partial charge is 0.337 e. The SMILES string of the molecule is C.C.Cl.Cl.Clc1ccc2c(c1)CCc1cccnc1C2Cl.Clc1ccc2c(c1)CCc1cccnc1C2N1CCC[C@H](Cn2ccnc2)C1.c1cn(C[C@H]2CCCNC2)cn1. The van der Waals surface area contributed by atoms with E-state index in [0.29, 0.717) is 5.92 Å². The second-order valence-corrected chi connectivity index (χ2v) is 17.1. The van der Waals surface area contributed by atoms with E-state index in [2.05, 4.69) is 70.8 Å². The van der Waals surface area contributed by atoms with E-state index in [9.17, 15) is 0 Å². The number of imidazole rings is 2. The van der Waals surface area contributed by atoms with Crippen molar-refractivity contribution in [3.8, 4) is 0 Å². The standard InChI is InChI=1S/C23H25ClN4.C14H11Cl2N.C9H15N3.2CH4.2ClH/c24-20-7-8-21-19(13-20)6-5-18-4-1-9-26-22(18)23(21)28-11-2-3-17(15-28)14-27-12-10-25-16-27;15-11-5-6-12-10(8-11)4-3-9-2-1-7-17-14(9)13(12)16;1-2-9(6-10-3-1)7-12-5-4-11-8-12;;;;/h1,4,7-10,12-13,16-17,23H,2-3,5-6,11,14-15H2;1-2,5-8,13H,3-4H2;4-5,8-10H,1-3,6-7H2;2*1H4;2*1H/t17-,23?;;9-;;;;/m1.0..../s1. The fourth-order valence-corrected chi connectivity index (χ4v) is 9.84. The summed E-state index contributed by atoms with van der Waals surface area (Å²) in [5, 5.41) is 4.84. The van der Waals surface area contributed by atoms with Gasteiger partial charge in [-0.1, -0.05) is 62.3 Å². The van der Waals surface area contributed by atoms with Crippen LogP contribution >= 0.6 is 59.6 Å². The van der Waals surface area contributed by atoms with E-state index in [1.807, 2.05) is 67.8 Å². The zero-order valence-electron chi connectivity index (χ0n) is 33.2. The van der Waals surface area contributed by atoms with Gasteiger partial charge in [-0.05, 0) is 153 Å². The van der Waals surface area contributed by atoms with Gasteiger partial charge in [-0.3, -0.25) is 14.9 Å². The minimum absolute atomic E-state index is 0. The lowest BCUT2D eigenvalue weighted by molar-refractivity contribution is 0.130. The van der Waals surface area contributed by atoms with Crippen molar-refractivity contribution in [3.63, 3.8) is 0 Å². The van der Waals surface area contributed by atoms with Crippen LogP contribution in [0.4, 0.5) is 0 Å². The smallest absolute Gasteiger partial charge is 0.101 e. The van der Waals surface area contributed by atoms with Crippen molar-refractivity contribution in [3.05, 3.63) is 165 Å². The normalized spacial score (nSPS) is 20.0. The number of benzene rings is 2. The van der Waals surface area contributed by atoms with Crippen LogP contribution in [-0.4, -0.2) is 60.1 Å². The molecule has 328 valence electrons. The maximum absolute atomic E-state index is 6.53. The number of piperidine rings is 2. The van der Waals surface area contributed by atoms with Crippen LogP contribution in [0.3, 0.4) is 0 Å². The lowest BCUT2D eigenvalue weighted by Crippen LogP contribution is -2.40. The number of hydrogen-bond donors (Lipinski definition) is 1. The number of halogens is 5. The van der Waals surface area contributed by atoms with Gasteiger partial charge in [0.15, 0.2) is 0 Å². The summed E-state index contributed by atoms with van der Waals surface area (Å²) in [7, 11) is 0. The van der Waals surface area contributed by atoms with Gasteiger partial charge in [0.25, 0.3) is 0 Å². The van der Waals surface area contributed by atoms with Crippen LogP contribution in [0.1, 0.15) is 96.7 Å². The summed E-state index contributed by atoms with van der Waals surface area (Å²) >= 11 is 18.9. The Kier molecular flexibility index (Phi) is 20.1. The van der Waals surface area contributed by atoms with Crippen molar-refractivity contribution in [2.75, 3.05) is 26.2 Å². The fourth-order valence-electron chi connectivity index (χ4n) is 9.04. The number of nitrogens with zero attached hydrogens (tertiary/aromatic N) is 7. The predicted octanol–water partition coefficient (Wildman–Crippen LogP) is 11.7. The van der Waals surface area contributed by atoms with Gasteiger partial charge in [-0.25, -0.2) is 9.97 Å². The van der Waals surface area contributed by atoms with E-state index in [4.69, 9.17) is 39.8 Å². The molecule has 4 aliphatic rings. The first-order chi connectivity index (χ1) is 28.0. The van der Waals surface area contributed by atoms with Crippen LogP contribution in [-0.2, 0) is 38.8 Å². The number of alkyl halides is 1. The summed E-state index contributed by atoms with van der Waals surface area (Å²) in [5.41, 5.74) is 9.93. The van der Waals surface area contributed by atoms with Crippen molar-refractivity contribution in [1.82, 2.24) is 39.3 Å². The molecule has 0 radical (unpaired) electrons. The van der Waals surface area contributed by atoms with Gasteiger partial charge in [0, 0.05) is 66.9 Å². The molecule has 2 aliphatic heterocycles. The molecule has 0 bridgehead atoms. The summed E-state index contributed by atoms with van der Waals surface area (Å²) in [6, 6.07) is 20.9. The number of fused-ring (bicyclic) bond motifs is 4. The van der Waals surface area contributed by atoms with E-state index in [-0.39, 0.29) is 51.1 Å². The molecule has 2 unspecified atom stereocenters. The highest BCUT2D eigenvalue weighted by Crippen LogP contribution is 2.39. The number of rotatable bonds is 5. The zero-order valence-corrected chi connectivity index (χ0v) is 37.1. The third-order valence-electron chi connectivity index (χ3n) is 11.8. The zero-order chi connectivity index (χ0) is 39.0. The van der Waals surface area contributed by atoms with E-state index < -0.39 is 0 Å². The Balaban J connectivity index is 0.000000213. The van der Waals surface area contributed by atoms with Gasteiger partial charge < -0.3 is 14.5 Å². The molecule has 10 rings (SSSR count). The summed E-state index contributed by atoms with van der Waals surface area (Å²) in [4.78, 5) is 20.2. The summed E-state index contributed by atoms with van der Waals surface area (Å²) in [6.45, 7) is 6.71. The predicted molar refractivity (Wildman–Crippen MR) is 258 cm³/mol. The van der Waals surface area contributed by atoms with Gasteiger partial charge in [-0.2, -0.15) is 0 Å². The van der Waals surface area contributed by atoms with Gasteiger partial charge in [0.05, 0.1) is 30.1 Å². The molecule has 0 spiro atoms. The van der Waals surface area contributed by atoms with Crippen LogP contribution < -0.4 is 5.32 Å². The summed E-state index contributed by atoms with van der Waals surface area (Å²) in [5.74, 6) is 1.43. The topological polar surface area (TPSA) is 76.7 Å². The molecule has 0 amide bonds. The molecular formula is C48H61Cl5N8. The number of aromatic nitrogens is 6. The molecule has 2 aliphatic carbocycles. The van der Waals surface area contributed by atoms with Crippen LogP contribution in [0.2, 0.25) is 10.0 Å².